The molecule has 2 aromatic carbocycles. The molecule has 0 atom stereocenters. The number of rotatable bonds is 24. The number of carbonyl (C=O) groups excluding carboxylic acids is 3. The summed E-state index contributed by atoms with van der Waals surface area (Å²) in [5, 5.41) is 9.84. The first kappa shape index (κ1) is 57.5. The average Bonchev–Trinajstić information content (AvgIpc) is 4.03. The smallest absolute Gasteiger partial charge is 0.323 e. The van der Waals surface area contributed by atoms with Crippen molar-refractivity contribution in [2.24, 2.45) is 0 Å². The Hall–Kier alpha value is -5.18. The van der Waals surface area contributed by atoms with Crippen LogP contribution in [0.3, 0.4) is 0 Å². The predicted molar refractivity (Wildman–Crippen MR) is 317 cm³/mol. The summed E-state index contributed by atoms with van der Waals surface area (Å²) < 4.78 is 9.92. The average molecular weight is 1130 g/mol. The van der Waals surface area contributed by atoms with E-state index in [1.807, 2.05) is 26.0 Å². The molecule has 2 saturated heterocycles. The number of carboxylic acid groups (broad SMARTS) is 1. The second-order valence-corrected chi connectivity index (χ2v) is 23.9. The summed E-state index contributed by atoms with van der Waals surface area (Å²) in [7, 11) is 0. The number of amides is 2. The van der Waals surface area contributed by atoms with E-state index in [0.717, 1.165) is 159 Å². The third kappa shape index (κ3) is 13.7. The molecule has 2 fully saturated rings. The van der Waals surface area contributed by atoms with Crippen molar-refractivity contribution in [2.45, 2.75) is 138 Å². The highest BCUT2D eigenvalue weighted by Crippen LogP contribution is 2.39. The minimum absolute atomic E-state index is 0.271. The molecular weight excluding hydrogens is 1060 g/mol. The number of thioether (sulfide) groups is 2. The van der Waals surface area contributed by atoms with Crippen LogP contribution >= 0.6 is 70.6 Å². The van der Waals surface area contributed by atoms with Gasteiger partial charge in [-0.25, -0.2) is 0 Å². The van der Waals surface area contributed by atoms with Gasteiger partial charge in [0.2, 0.25) is 0 Å². The molecule has 7 rings (SSSR count). The van der Waals surface area contributed by atoms with Crippen molar-refractivity contribution < 1.29 is 29.0 Å². The second kappa shape index (κ2) is 27.2. The Morgan fingerprint density at radius 3 is 1.55 bits per heavy atom. The molecule has 1 N–H and O–H groups in total. The molecule has 0 aliphatic carbocycles. The van der Waals surface area contributed by atoms with Crippen molar-refractivity contribution >= 4 is 149 Å². The summed E-state index contributed by atoms with van der Waals surface area (Å²) in [5.74, 6) is -1.77. The van der Waals surface area contributed by atoms with Crippen molar-refractivity contribution in [3.05, 3.63) is 109 Å². The van der Waals surface area contributed by atoms with Gasteiger partial charge in [0.15, 0.2) is 6.73 Å². The van der Waals surface area contributed by atoms with Crippen LogP contribution in [0.25, 0.3) is 34.1 Å². The summed E-state index contributed by atoms with van der Waals surface area (Å²) in [6, 6.07) is 13.3. The molecule has 398 valence electrons. The maximum absolute atomic E-state index is 14.1. The summed E-state index contributed by atoms with van der Waals surface area (Å²) in [5.41, 5.74) is 7.90. The first-order valence-corrected chi connectivity index (χ1v) is 30.0. The topological polar surface area (TPSA) is 151 Å². The van der Waals surface area contributed by atoms with Crippen LogP contribution in [-0.4, -0.2) is 76.6 Å². The van der Waals surface area contributed by atoms with E-state index in [1.165, 1.54) is 41.4 Å². The molecule has 0 saturated carbocycles. The number of thiazole rings is 2. The number of unbranched alkanes of at least 4 members (excludes halogenated alkanes) is 7. The Labute approximate surface area is 465 Å². The van der Waals surface area contributed by atoms with E-state index in [-0.39, 0.29) is 29.0 Å². The van der Waals surface area contributed by atoms with Crippen LogP contribution in [0.2, 0.25) is 0 Å². The number of allylic oxidation sites excluding steroid dienone is 2. The lowest BCUT2D eigenvalue weighted by atomic mass is 9.98. The number of benzene rings is 2. The van der Waals surface area contributed by atoms with Gasteiger partial charge in [0.25, 0.3) is 29.4 Å². The number of aryl methyl sites for hydroxylation is 2. The molecule has 3 aliphatic heterocycles. The second-order valence-electron chi connectivity index (χ2n) is 18.6. The first-order valence-electron chi connectivity index (χ1n) is 26.0. The predicted octanol–water partition coefficient (Wildman–Crippen LogP) is 9.03. The van der Waals surface area contributed by atoms with Gasteiger partial charge in [0, 0.05) is 31.0 Å². The number of hydrogen-bond donors (Lipinski definition) is 1. The van der Waals surface area contributed by atoms with Crippen molar-refractivity contribution in [1.82, 2.24) is 18.9 Å². The van der Waals surface area contributed by atoms with E-state index in [0.29, 0.717) is 57.9 Å². The van der Waals surface area contributed by atoms with Crippen LogP contribution < -0.4 is 34.4 Å². The summed E-state index contributed by atoms with van der Waals surface area (Å²) >= 11 is 15.6. The number of thiocarbonyl (C=S) groups is 2. The van der Waals surface area contributed by atoms with E-state index in [4.69, 9.17) is 29.2 Å². The highest BCUT2D eigenvalue weighted by atomic mass is 32.2. The minimum atomic E-state index is -1.18. The van der Waals surface area contributed by atoms with Gasteiger partial charge < -0.3 is 14.7 Å². The SMILES string of the molecule is CCCCCCN1c2ccc(/C=C(/C=c3/s/c(=C4/SC(=S)N(CC)C4=O)n(COC=O)c3=O)CCCCC)cc2CCc2cc(/C=C(/C=c3/s/c(=C4/SC(=S)N(CC)C4=O)n(CC(=O)O)c3=O)CCCCC)ccc21. The normalized spacial score (nSPS) is 17.2. The number of carbonyl (C=O) groups is 4. The van der Waals surface area contributed by atoms with Gasteiger partial charge in [0.05, 0.1) is 9.06 Å². The van der Waals surface area contributed by atoms with E-state index in [9.17, 15) is 33.9 Å². The number of nitrogens with zero attached hydrogens (tertiary/aromatic N) is 5. The van der Waals surface area contributed by atoms with E-state index < -0.39 is 18.1 Å². The molecule has 5 heterocycles. The molecule has 4 aromatic rings. The van der Waals surface area contributed by atoms with E-state index in [2.05, 4.69) is 74.2 Å². The number of carboxylic acids is 1. The van der Waals surface area contributed by atoms with Gasteiger partial charge in [-0.1, -0.05) is 138 Å². The van der Waals surface area contributed by atoms with Crippen molar-refractivity contribution in [3.63, 3.8) is 0 Å². The summed E-state index contributed by atoms with van der Waals surface area (Å²) in [4.78, 5) is 84.3. The first-order chi connectivity index (χ1) is 36.2. The number of aromatic nitrogens is 2. The zero-order valence-electron chi connectivity index (χ0n) is 43.3. The quantitative estimate of drug-likeness (QED) is 0.0404. The number of ether oxygens (including phenoxy) is 1. The molecule has 2 aromatic heterocycles. The summed E-state index contributed by atoms with van der Waals surface area (Å²) in [6.45, 7) is 11.2. The highest BCUT2D eigenvalue weighted by Gasteiger charge is 2.34. The van der Waals surface area contributed by atoms with Gasteiger partial charge in [-0.3, -0.25) is 47.7 Å². The summed E-state index contributed by atoms with van der Waals surface area (Å²) in [6.07, 6.45) is 21.4. The Morgan fingerprint density at radius 2 is 1.11 bits per heavy atom. The Bertz CT molecular complexity index is 3310. The number of hydrogen-bond acceptors (Lipinski definition) is 14. The third-order valence-electron chi connectivity index (χ3n) is 13.3. The van der Waals surface area contributed by atoms with Crippen LogP contribution in [0.15, 0.2) is 57.1 Å². The lowest BCUT2D eigenvalue weighted by molar-refractivity contribution is -0.138. The lowest BCUT2D eigenvalue weighted by Gasteiger charge is -2.27. The fourth-order valence-electron chi connectivity index (χ4n) is 9.43. The van der Waals surface area contributed by atoms with E-state index >= 15 is 0 Å². The zero-order valence-corrected chi connectivity index (χ0v) is 48.2. The number of fused-ring (bicyclic) bond motifs is 2. The fourth-order valence-corrected chi connectivity index (χ4v) is 14.7. The minimum Gasteiger partial charge on any atom is -0.480 e. The maximum Gasteiger partial charge on any atom is 0.323 e. The van der Waals surface area contributed by atoms with Gasteiger partial charge in [-0.05, 0) is 129 Å². The van der Waals surface area contributed by atoms with Crippen LogP contribution in [0, 0.1) is 0 Å². The zero-order chi connectivity index (χ0) is 53.8. The number of anilines is 2. The standard InChI is InChI=1S/C56H65N5O8S6/c1-6-11-14-17-26-59-42-24-20-38(27-36(18-15-12-7-2)31-44-49(65)60(33-46(63)64)53(72-44)47-51(67)57(9-4)55(70)74-47)29-40(42)22-23-41-30-39(21-25-43(41)59)28-37(19-16-13-8-3)32-45-50(66)61(34-69-35-62)54(73-45)48-52(68)58(10-5)56(71)75-48/h20-21,24-25,27-32,35H,6-19,22-23,26,33-34H2,1-5H3,(H,63,64)/b36-27+,37-28+,44-31+,45-32+,53-47+,54-48+. The van der Waals surface area contributed by atoms with Crippen LogP contribution in [0.4, 0.5) is 11.4 Å². The maximum atomic E-state index is 14.1. The monoisotopic (exact) mass is 1130 g/mol. The van der Waals surface area contributed by atoms with Crippen LogP contribution in [-0.2, 0) is 50.0 Å². The van der Waals surface area contributed by atoms with Gasteiger partial charge in [-0.2, -0.15) is 0 Å². The molecule has 0 spiro atoms. The van der Waals surface area contributed by atoms with Gasteiger partial charge in [-0.15, -0.1) is 22.7 Å². The van der Waals surface area contributed by atoms with Gasteiger partial charge in [0.1, 0.15) is 34.3 Å². The molecule has 19 heteroatoms. The lowest BCUT2D eigenvalue weighted by Crippen LogP contribution is -2.35. The third-order valence-corrected chi connectivity index (χ3v) is 18.7. The highest BCUT2D eigenvalue weighted by molar-refractivity contribution is 8.30. The van der Waals surface area contributed by atoms with Crippen LogP contribution in [0.1, 0.15) is 134 Å². The number of aliphatic carboxylic acids is 1. The molecule has 2 amide bonds. The molecule has 0 radical (unpaired) electrons. The Balaban J connectivity index is 1.28. The molecular formula is C56H65N5O8S6. The van der Waals surface area contributed by atoms with Crippen molar-refractivity contribution in [1.29, 1.82) is 0 Å². The van der Waals surface area contributed by atoms with E-state index in [1.54, 1.807) is 0 Å². The van der Waals surface area contributed by atoms with Crippen molar-refractivity contribution in [2.75, 3.05) is 24.5 Å². The molecule has 0 bridgehead atoms. The molecule has 75 heavy (non-hydrogen) atoms. The largest absolute Gasteiger partial charge is 0.480 e. The Morgan fingerprint density at radius 1 is 0.640 bits per heavy atom. The fraction of sp³-hybridized carbons (Fsp3) is 0.429. The molecule has 0 unspecified atom stereocenters. The van der Waals surface area contributed by atoms with Gasteiger partial charge >= 0.3 is 5.97 Å². The van der Waals surface area contributed by atoms with Crippen LogP contribution in [0.5, 0.6) is 0 Å². The molecule has 3 aliphatic rings. The Kier molecular flexibility index (Phi) is 20.9. The van der Waals surface area contributed by atoms with Crippen molar-refractivity contribution in [3.8, 4) is 0 Å². The molecule has 13 nitrogen and oxygen atoms in total.